The van der Waals surface area contributed by atoms with Crippen molar-refractivity contribution in [3.63, 3.8) is 0 Å². The number of halogens is 2. The van der Waals surface area contributed by atoms with E-state index in [1.165, 1.54) is 0 Å². The number of ether oxygens (including phenoxy) is 5. The third-order valence-electron chi connectivity index (χ3n) is 8.72. The van der Waals surface area contributed by atoms with E-state index in [1.54, 1.807) is 0 Å². The molecule has 7 unspecified atom stereocenters. The molecule has 7 atom stereocenters. The maximum atomic E-state index is 13.5. The Balaban J connectivity index is 1.34. The Morgan fingerprint density at radius 3 is 2.27 bits per heavy atom. The molecule has 4 rings (SSSR count). The number of carbonyl (C=O) groups excluding carboxylic acids is 4. The van der Waals surface area contributed by atoms with Crippen LogP contribution in [0.2, 0.25) is 0 Å². The topological polar surface area (TPSA) is 169 Å². The summed E-state index contributed by atoms with van der Waals surface area (Å²) in [5.41, 5.74) is -0.981. The fourth-order valence-corrected chi connectivity index (χ4v) is 7.06. The third-order valence-corrected chi connectivity index (χ3v) is 9.74. The maximum Gasteiger partial charge on any atom is 0.405 e. The molecule has 2 bridgehead atoms. The van der Waals surface area contributed by atoms with Gasteiger partial charge in [0.25, 0.3) is 0 Å². The molecule has 0 spiro atoms. The fraction of sp³-hybridized carbons (Fsp3) is 0.840. The summed E-state index contributed by atoms with van der Waals surface area (Å²) in [5.74, 6) is -5.78. The second-order valence-electron chi connectivity index (χ2n) is 12.0. The first-order valence-electron chi connectivity index (χ1n) is 13.1. The van der Waals surface area contributed by atoms with E-state index in [2.05, 4.69) is 4.74 Å². The first kappa shape index (κ1) is 30.6. The van der Waals surface area contributed by atoms with Gasteiger partial charge in [-0.25, -0.2) is 9.59 Å². The number of hydrogen-bond donors (Lipinski definition) is 1. The van der Waals surface area contributed by atoms with Crippen LogP contribution in [0, 0.1) is 29.1 Å². The minimum Gasteiger partial charge on any atom is -0.458 e. The largest absolute Gasteiger partial charge is 0.458 e. The van der Waals surface area contributed by atoms with Crippen molar-refractivity contribution in [1.82, 2.24) is 0 Å². The lowest BCUT2D eigenvalue weighted by Crippen LogP contribution is -2.49. The van der Waals surface area contributed by atoms with Crippen LogP contribution in [0.15, 0.2) is 0 Å². The standard InChI is InChI=1S/C25H34F2O12S/c1-12(25(26,27)40(32,33)34)36-15(28)10-35-11-16(29)37-19-14-9-13-17(21(30)38-20(13)19)18(14)22(31)39-24(23(2,3)4)7-5-6-8-24/h12-14,17-20H,5-11H2,1-4H3,(H,32,33,34). The summed E-state index contributed by atoms with van der Waals surface area (Å²) in [4.78, 5) is 50.4. The van der Waals surface area contributed by atoms with Gasteiger partial charge in [-0.15, -0.1) is 0 Å². The molecule has 12 nitrogen and oxygen atoms in total. The molecule has 0 aromatic heterocycles. The zero-order valence-corrected chi connectivity index (χ0v) is 23.4. The van der Waals surface area contributed by atoms with Gasteiger partial charge in [-0.05, 0) is 39.0 Å². The van der Waals surface area contributed by atoms with Crippen molar-refractivity contribution in [1.29, 1.82) is 0 Å². The summed E-state index contributed by atoms with van der Waals surface area (Å²) >= 11 is 0. The lowest BCUT2D eigenvalue weighted by Gasteiger charge is -2.42. The van der Waals surface area contributed by atoms with Crippen LogP contribution in [0.25, 0.3) is 0 Å². The second-order valence-corrected chi connectivity index (χ2v) is 13.5. The molecule has 0 amide bonds. The van der Waals surface area contributed by atoms with Crippen LogP contribution in [0.4, 0.5) is 8.78 Å². The molecule has 1 heterocycles. The molecule has 0 radical (unpaired) electrons. The predicted molar refractivity (Wildman–Crippen MR) is 128 cm³/mol. The van der Waals surface area contributed by atoms with Crippen LogP contribution >= 0.6 is 0 Å². The molecule has 1 N–H and O–H groups in total. The molecule has 40 heavy (non-hydrogen) atoms. The van der Waals surface area contributed by atoms with Crippen LogP contribution in [0.1, 0.15) is 59.8 Å². The molecule has 3 saturated carbocycles. The predicted octanol–water partition coefficient (Wildman–Crippen LogP) is 2.04. The highest BCUT2D eigenvalue weighted by Crippen LogP contribution is 2.59. The van der Waals surface area contributed by atoms with E-state index in [0.717, 1.165) is 12.8 Å². The molecule has 226 valence electrons. The molecular formula is C25H34F2O12S. The van der Waals surface area contributed by atoms with Crippen molar-refractivity contribution in [2.75, 3.05) is 13.2 Å². The number of carbonyl (C=O) groups is 4. The van der Waals surface area contributed by atoms with Gasteiger partial charge < -0.3 is 23.7 Å². The number of fused-ring (bicyclic) bond motifs is 1. The lowest BCUT2D eigenvalue weighted by atomic mass is 9.74. The van der Waals surface area contributed by atoms with Gasteiger partial charge >= 0.3 is 39.2 Å². The molecule has 1 saturated heterocycles. The van der Waals surface area contributed by atoms with Gasteiger partial charge in [0.05, 0.1) is 11.8 Å². The molecule has 4 fully saturated rings. The van der Waals surface area contributed by atoms with Crippen LogP contribution < -0.4 is 0 Å². The van der Waals surface area contributed by atoms with E-state index in [1.807, 2.05) is 20.8 Å². The fourth-order valence-electron chi connectivity index (χ4n) is 6.59. The van der Waals surface area contributed by atoms with Crippen LogP contribution in [0.5, 0.6) is 0 Å². The zero-order valence-electron chi connectivity index (χ0n) is 22.6. The summed E-state index contributed by atoms with van der Waals surface area (Å²) in [6, 6.07) is 0. The number of rotatable bonds is 10. The van der Waals surface area contributed by atoms with E-state index < -0.39 is 94.1 Å². The third kappa shape index (κ3) is 5.31. The number of esters is 4. The van der Waals surface area contributed by atoms with Crippen molar-refractivity contribution in [2.45, 2.75) is 89.0 Å². The normalized spacial score (nSPS) is 31.5. The molecule has 1 aliphatic heterocycles. The Morgan fingerprint density at radius 2 is 1.70 bits per heavy atom. The summed E-state index contributed by atoms with van der Waals surface area (Å²) in [5, 5.41) is -4.75. The SMILES string of the molecule is CC(OC(=O)COCC(=O)OC1C2CC3C1OC(=O)C3C2C(=O)OC1(C(C)(C)C)CCCC1)C(F)(F)S(=O)(=O)O. The zero-order chi connectivity index (χ0) is 29.8. The van der Waals surface area contributed by atoms with Crippen molar-refractivity contribution in [3.05, 3.63) is 0 Å². The first-order valence-corrected chi connectivity index (χ1v) is 14.6. The maximum absolute atomic E-state index is 13.5. The Labute approximate surface area is 230 Å². The molecule has 4 aliphatic rings. The highest BCUT2D eigenvalue weighted by molar-refractivity contribution is 7.86. The van der Waals surface area contributed by atoms with Gasteiger partial charge in [-0.3, -0.25) is 14.1 Å². The molecule has 15 heteroatoms. The molecule has 0 aromatic rings. The van der Waals surface area contributed by atoms with Gasteiger partial charge in [0.2, 0.25) is 0 Å². The quantitative estimate of drug-likeness (QED) is 0.222. The molecule has 0 aromatic carbocycles. The van der Waals surface area contributed by atoms with E-state index in [4.69, 9.17) is 23.5 Å². The van der Waals surface area contributed by atoms with Gasteiger partial charge in [0, 0.05) is 17.3 Å². The van der Waals surface area contributed by atoms with Crippen LogP contribution in [-0.2, 0) is 53.0 Å². The average molecular weight is 597 g/mol. The summed E-state index contributed by atoms with van der Waals surface area (Å²) in [6.45, 7) is 4.77. The summed E-state index contributed by atoms with van der Waals surface area (Å²) < 4.78 is 83.3. The van der Waals surface area contributed by atoms with Crippen LogP contribution in [0.3, 0.4) is 0 Å². The van der Waals surface area contributed by atoms with E-state index in [9.17, 15) is 36.4 Å². The van der Waals surface area contributed by atoms with E-state index >= 15 is 0 Å². The van der Waals surface area contributed by atoms with Crippen molar-refractivity contribution < 1.29 is 64.6 Å². The molecule has 3 aliphatic carbocycles. The summed E-state index contributed by atoms with van der Waals surface area (Å²) in [7, 11) is -5.83. The molecular weight excluding hydrogens is 562 g/mol. The lowest BCUT2D eigenvalue weighted by molar-refractivity contribution is -0.186. The Bertz CT molecular complexity index is 1160. The van der Waals surface area contributed by atoms with Crippen LogP contribution in [-0.4, -0.2) is 79.2 Å². The van der Waals surface area contributed by atoms with Gasteiger partial charge in [0.15, 0.2) is 6.10 Å². The highest BCUT2D eigenvalue weighted by Gasteiger charge is 2.70. The monoisotopic (exact) mass is 596 g/mol. The van der Waals surface area contributed by atoms with Crippen molar-refractivity contribution >= 4 is 34.0 Å². The van der Waals surface area contributed by atoms with E-state index in [-0.39, 0.29) is 11.3 Å². The number of alkyl halides is 2. The second kappa shape index (κ2) is 10.5. The Morgan fingerprint density at radius 1 is 1.10 bits per heavy atom. The van der Waals surface area contributed by atoms with Gasteiger partial charge in [-0.2, -0.15) is 17.2 Å². The number of hydrogen-bond acceptors (Lipinski definition) is 11. The Kier molecular flexibility index (Phi) is 8.00. The van der Waals surface area contributed by atoms with Crippen molar-refractivity contribution in [2.24, 2.45) is 29.1 Å². The smallest absolute Gasteiger partial charge is 0.405 e. The first-order chi connectivity index (χ1) is 18.4. The minimum absolute atomic E-state index is 0.316. The van der Waals surface area contributed by atoms with E-state index in [0.29, 0.717) is 26.2 Å². The minimum atomic E-state index is -5.83. The van der Waals surface area contributed by atoms with Crippen molar-refractivity contribution in [3.8, 4) is 0 Å². The van der Waals surface area contributed by atoms with Gasteiger partial charge in [-0.1, -0.05) is 20.8 Å². The summed E-state index contributed by atoms with van der Waals surface area (Å²) in [6.07, 6.45) is -0.495. The highest BCUT2D eigenvalue weighted by atomic mass is 32.2. The Hall–Kier alpha value is -2.39. The average Bonchev–Trinajstić information content (AvgIpc) is 3.56. The van der Waals surface area contributed by atoms with Gasteiger partial charge in [0.1, 0.15) is 31.0 Å².